The Bertz CT molecular complexity index is 547. The van der Waals surface area contributed by atoms with Crippen LogP contribution < -0.4 is 0 Å². The maximum absolute atomic E-state index is 10.0. The second-order valence-electron chi connectivity index (χ2n) is 5.07. The molecule has 1 aliphatic heterocycles. The number of likely N-dealkylation sites (tertiary alicyclic amines) is 1. The van der Waals surface area contributed by atoms with Gasteiger partial charge < -0.3 is 5.11 Å². The van der Waals surface area contributed by atoms with Crippen molar-refractivity contribution >= 4 is 0 Å². The molecule has 1 N–H and O–H groups in total. The zero-order chi connectivity index (χ0) is 13.3. The molecule has 0 saturated carbocycles. The largest absolute Gasteiger partial charge is 0.387 e. The first-order valence-electron chi connectivity index (χ1n) is 6.48. The highest BCUT2D eigenvalue weighted by Crippen LogP contribution is 2.25. The van der Waals surface area contributed by atoms with Crippen molar-refractivity contribution < 1.29 is 5.11 Å². The van der Waals surface area contributed by atoms with E-state index in [4.69, 9.17) is 0 Å². The first-order valence-corrected chi connectivity index (χ1v) is 6.48. The molecule has 0 radical (unpaired) electrons. The second-order valence-corrected chi connectivity index (χ2v) is 5.07. The van der Waals surface area contributed by atoms with Gasteiger partial charge in [-0.05, 0) is 29.0 Å². The van der Waals surface area contributed by atoms with Crippen LogP contribution in [-0.4, -0.2) is 48.9 Å². The van der Waals surface area contributed by atoms with Crippen molar-refractivity contribution in [3.05, 3.63) is 36.2 Å². The number of tetrazole rings is 1. The third-order valence-corrected chi connectivity index (χ3v) is 3.59. The SMILES string of the molecule is CCC1(O)CN(Cc2nnnn2-c2ccccc2)C1. The summed E-state index contributed by atoms with van der Waals surface area (Å²) in [5, 5.41) is 21.8. The second kappa shape index (κ2) is 4.71. The molecule has 0 amide bonds. The van der Waals surface area contributed by atoms with Gasteiger partial charge in [-0.2, -0.15) is 4.68 Å². The average molecular weight is 259 g/mol. The number of hydrogen-bond donors (Lipinski definition) is 1. The van der Waals surface area contributed by atoms with Crippen LogP contribution in [0.5, 0.6) is 0 Å². The molecule has 1 aliphatic rings. The molecule has 1 fully saturated rings. The molecule has 6 heteroatoms. The summed E-state index contributed by atoms with van der Waals surface area (Å²) < 4.78 is 1.74. The van der Waals surface area contributed by atoms with E-state index in [9.17, 15) is 5.11 Å². The molecule has 0 aliphatic carbocycles. The molecule has 0 unspecified atom stereocenters. The number of nitrogens with zero attached hydrogens (tertiary/aromatic N) is 5. The lowest BCUT2D eigenvalue weighted by Crippen LogP contribution is -2.60. The van der Waals surface area contributed by atoms with Gasteiger partial charge in [0.1, 0.15) is 0 Å². The predicted octanol–water partition coefficient (Wildman–Crippen LogP) is 0.619. The summed E-state index contributed by atoms with van der Waals surface area (Å²) in [6.07, 6.45) is 0.785. The summed E-state index contributed by atoms with van der Waals surface area (Å²) in [6, 6.07) is 9.82. The van der Waals surface area contributed by atoms with Gasteiger partial charge in [-0.15, -0.1) is 5.10 Å². The maximum Gasteiger partial charge on any atom is 0.170 e. The fourth-order valence-corrected chi connectivity index (χ4v) is 2.40. The van der Waals surface area contributed by atoms with Gasteiger partial charge in [0.05, 0.1) is 17.8 Å². The molecular formula is C13H17N5O. The average Bonchev–Trinajstić information content (AvgIpc) is 2.86. The normalized spacial score (nSPS) is 18.2. The number of aromatic nitrogens is 4. The molecule has 2 aromatic rings. The monoisotopic (exact) mass is 259 g/mol. The Morgan fingerprint density at radius 3 is 2.68 bits per heavy atom. The van der Waals surface area contributed by atoms with Crippen LogP contribution >= 0.6 is 0 Å². The summed E-state index contributed by atoms with van der Waals surface area (Å²) in [5.74, 6) is 0.796. The Kier molecular flexibility index (Phi) is 3.04. The lowest BCUT2D eigenvalue weighted by atomic mass is 9.91. The molecule has 2 heterocycles. The molecule has 1 aromatic heterocycles. The van der Waals surface area contributed by atoms with Crippen molar-refractivity contribution in [2.45, 2.75) is 25.5 Å². The van der Waals surface area contributed by atoms with Gasteiger partial charge in [-0.1, -0.05) is 25.1 Å². The van der Waals surface area contributed by atoms with Crippen molar-refractivity contribution in [3.63, 3.8) is 0 Å². The zero-order valence-electron chi connectivity index (χ0n) is 10.9. The molecule has 0 bridgehead atoms. The van der Waals surface area contributed by atoms with Crippen LogP contribution in [0.25, 0.3) is 5.69 Å². The van der Waals surface area contributed by atoms with Crippen molar-refractivity contribution in [3.8, 4) is 5.69 Å². The Morgan fingerprint density at radius 1 is 1.26 bits per heavy atom. The van der Waals surface area contributed by atoms with Gasteiger partial charge >= 0.3 is 0 Å². The fraction of sp³-hybridized carbons (Fsp3) is 0.462. The van der Waals surface area contributed by atoms with E-state index >= 15 is 0 Å². The van der Waals surface area contributed by atoms with E-state index in [1.807, 2.05) is 37.3 Å². The number of aliphatic hydroxyl groups is 1. The number of benzene rings is 1. The third-order valence-electron chi connectivity index (χ3n) is 3.59. The molecule has 3 rings (SSSR count). The minimum Gasteiger partial charge on any atom is -0.387 e. The number of β-amino-alcohol motifs (C(OH)–C–C–N with tert-alkyl or cyclic N) is 1. The Balaban J connectivity index is 1.72. The number of rotatable bonds is 4. The Hall–Kier alpha value is -1.79. The van der Waals surface area contributed by atoms with Crippen LogP contribution in [0.4, 0.5) is 0 Å². The topological polar surface area (TPSA) is 67.1 Å². The lowest BCUT2D eigenvalue weighted by molar-refractivity contribution is -0.104. The van der Waals surface area contributed by atoms with Crippen molar-refractivity contribution in [1.82, 2.24) is 25.1 Å². The van der Waals surface area contributed by atoms with Gasteiger partial charge in [-0.3, -0.25) is 4.90 Å². The van der Waals surface area contributed by atoms with Gasteiger partial charge in [-0.25, -0.2) is 0 Å². The summed E-state index contributed by atoms with van der Waals surface area (Å²) in [6.45, 7) is 4.03. The van der Waals surface area contributed by atoms with E-state index in [1.54, 1.807) is 4.68 Å². The van der Waals surface area contributed by atoms with E-state index in [0.717, 1.165) is 17.9 Å². The van der Waals surface area contributed by atoms with Crippen molar-refractivity contribution in [2.75, 3.05) is 13.1 Å². The number of para-hydroxylation sites is 1. The van der Waals surface area contributed by atoms with E-state index in [0.29, 0.717) is 19.6 Å². The van der Waals surface area contributed by atoms with Crippen LogP contribution in [0, 0.1) is 0 Å². The zero-order valence-corrected chi connectivity index (χ0v) is 10.9. The number of hydrogen-bond acceptors (Lipinski definition) is 5. The van der Waals surface area contributed by atoms with E-state index in [1.165, 1.54) is 0 Å². The van der Waals surface area contributed by atoms with Crippen LogP contribution in [0.3, 0.4) is 0 Å². The van der Waals surface area contributed by atoms with E-state index in [2.05, 4.69) is 20.4 Å². The van der Waals surface area contributed by atoms with Gasteiger partial charge in [0, 0.05) is 13.1 Å². The Labute approximate surface area is 111 Å². The predicted molar refractivity (Wildman–Crippen MR) is 69.7 cm³/mol. The third kappa shape index (κ3) is 2.36. The molecule has 100 valence electrons. The van der Waals surface area contributed by atoms with Gasteiger partial charge in [0.15, 0.2) is 5.82 Å². The quantitative estimate of drug-likeness (QED) is 0.871. The highest BCUT2D eigenvalue weighted by Gasteiger charge is 2.39. The fourth-order valence-electron chi connectivity index (χ4n) is 2.40. The Morgan fingerprint density at radius 2 is 2.00 bits per heavy atom. The smallest absolute Gasteiger partial charge is 0.170 e. The van der Waals surface area contributed by atoms with Crippen molar-refractivity contribution in [1.29, 1.82) is 0 Å². The van der Waals surface area contributed by atoms with Crippen LogP contribution in [0.15, 0.2) is 30.3 Å². The molecule has 6 nitrogen and oxygen atoms in total. The standard InChI is InChI=1S/C13H17N5O/c1-2-13(19)9-17(10-13)8-12-14-15-16-18(12)11-6-4-3-5-7-11/h3-7,19H,2,8-10H2,1H3. The molecule has 1 saturated heterocycles. The van der Waals surface area contributed by atoms with E-state index < -0.39 is 5.60 Å². The summed E-state index contributed by atoms with van der Waals surface area (Å²) in [4.78, 5) is 2.15. The molecule has 0 spiro atoms. The summed E-state index contributed by atoms with van der Waals surface area (Å²) in [5.41, 5.74) is 0.430. The first kappa shape index (κ1) is 12.3. The van der Waals surface area contributed by atoms with Crippen molar-refractivity contribution in [2.24, 2.45) is 0 Å². The van der Waals surface area contributed by atoms with Crippen LogP contribution in [0.2, 0.25) is 0 Å². The maximum atomic E-state index is 10.0. The first-order chi connectivity index (χ1) is 9.20. The van der Waals surface area contributed by atoms with Crippen LogP contribution in [0.1, 0.15) is 19.2 Å². The minimum absolute atomic E-state index is 0.523. The molecule has 1 aromatic carbocycles. The molecule has 19 heavy (non-hydrogen) atoms. The van der Waals surface area contributed by atoms with Gasteiger partial charge in [0.2, 0.25) is 0 Å². The highest BCUT2D eigenvalue weighted by molar-refractivity contribution is 5.30. The summed E-state index contributed by atoms with van der Waals surface area (Å²) >= 11 is 0. The molecular weight excluding hydrogens is 242 g/mol. The van der Waals surface area contributed by atoms with Crippen LogP contribution in [-0.2, 0) is 6.54 Å². The summed E-state index contributed by atoms with van der Waals surface area (Å²) in [7, 11) is 0. The van der Waals surface area contributed by atoms with E-state index in [-0.39, 0.29) is 0 Å². The van der Waals surface area contributed by atoms with Gasteiger partial charge in [0.25, 0.3) is 0 Å². The lowest BCUT2D eigenvalue weighted by Gasteiger charge is -2.45. The highest BCUT2D eigenvalue weighted by atomic mass is 16.3. The minimum atomic E-state index is -0.523. The molecule has 0 atom stereocenters.